The van der Waals surface area contributed by atoms with Crippen LogP contribution in [0.3, 0.4) is 0 Å². The number of carbonyl (C=O) groups is 2. The van der Waals surface area contributed by atoms with E-state index in [-0.39, 0.29) is 30.2 Å². The highest BCUT2D eigenvalue weighted by molar-refractivity contribution is 6.02. The number of para-hydroxylation sites is 1. The molecule has 40 heavy (non-hydrogen) atoms. The Morgan fingerprint density at radius 3 is 2.52 bits per heavy atom. The standard InChI is InChI=1S/C30H31N5O5/c36-23-13-10-20(11-14-23)29(30(38)31-21-6-2-1-3-7-21)35(22-12-15-26-27(18-22)40-17-16-39-26)28(37)19-34-25-9-5-4-8-24(25)32-33-34/h4-5,8-15,18,21,29,36H,1-3,6-7,16-17,19H2,(H,31,38). The highest BCUT2D eigenvalue weighted by atomic mass is 16.6. The van der Waals surface area contributed by atoms with Gasteiger partial charge in [-0.1, -0.05) is 48.7 Å². The van der Waals surface area contributed by atoms with Crippen molar-refractivity contribution in [1.29, 1.82) is 0 Å². The fraction of sp³-hybridized carbons (Fsp3) is 0.333. The van der Waals surface area contributed by atoms with Crippen LogP contribution in [0.25, 0.3) is 11.0 Å². The largest absolute Gasteiger partial charge is 0.508 e. The Hall–Kier alpha value is -4.60. The van der Waals surface area contributed by atoms with Gasteiger partial charge in [0.2, 0.25) is 11.8 Å². The molecular formula is C30H31N5O5. The summed E-state index contributed by atoms with van der Waals surface area (Å²) in [6.45, 7) is 0.688. The van der Waals surface area contributed by atoms with Crippen molar-refractivity contribution in [2.75, 3.05) is 18.1 Å². The fourth-order valence-electron chi connectivity index (χ4n) is 5.46. The summed E-state index contributed by atoms with van der Waals surface area (Å²) in [4.78, 5) is 29.8. The van der Waals surface area contributed by atoms with E-state index in [0.29, 0.717) is 47.0 Å². The molecule has 10 nitrogen and oxygen atoms in total. The van der Waals surface area contributed by atoms with Crippen molar-refractivity contribution >= 4 is 28.5 Å². The molecular weight excluding hydrogens is 510 g/mol. The summed E-state index contributed by atoms with van der Waals surface area (Å²) in [6, 6.07) is 18.1. The molecule has 4 aromatic rings. The third kappa shape index (κ3) is 5.29. The fourth-order valence-corrected chi connectivity index (χ4v) is 5.46. The van der Waals surface area contributed by atoms with Gasteiger partial charge in [-0.2, -0.15) is 0 Å². The number of carbonyl (C=O) groups excluding carboxylic acids is 2. The number of hydrogen-bond acceptors (Lipinski definition) is 7. The third-order valence-corrected chi connectivity index (χ3v) is 7.44. The second-order valence-electron chi connectivity index (χ2n) is 10.2. The first-order valence-electron chi connectivity index (χ1n) is 13.7. The molecule has 2 heterocycles. The molecule has 2 aliphatic rings. The Kier molecular flexibility index (Phi) is 7.22. The molecule has 1 fully saturated rings. The first-order valence-corrected chi connectivity index (χ1v) is 13.7. The lowest BCUT2D eigenvalue weighted by Gasteiger charge is -2.34. The van der Waals surface area contributed by atoms with Gasteiger partial charge in [-0.3, -0.25) is 14.5 Å². The monoisotopic (exact) mass is 541 g/mol. The van der Waals surface area contributed by atoms with Gasteiger partial charge in [0.1, 0.15) is 37.1 Å². The molecule has 1 atom stereocenters. The molecule has 0 radical (unpaired) electrons. The van der Waals surface area contributed by atoms with Crippen LogP contribution >= 0.6 is 0 Å². The van der Waals surface area contributed by atoms with Crippen LogP contribution in [0.15, 0.2) is 66.7 Å². The van der Waals surface area contributed by atoms with Crippen LogP contribution in [0.4, 0.5) is 5.69 Å². The van der Waals surface area contributed by atoms with Gasteiger partial charge in [0.05, 0.1) is 5.52 Å². The zero-order valence-electron chi connectivity index (χ0n) is 22.0. The second-order valence-corrected chi connectivity index (χ2v) is 10.2. The van der Waals surface area contributed by atoms with Crippen molar-refractivity contribution in [3.8, 4) is 17.2 Å². The van der Waals surface area contributed by atoms with Crippen molar-refractivity contribution in [1.82, 2.24) is 20.3 Å². The first-order chi connectivity index (χ1) is 19.6. The SMILES string of the molecule is O=C(NC1CCCCC1)C(c1ccc(O)cc1)N(C(=O)Cn1nnc2ccccc21)c1ccc2c(c1)OCCO2. The number of rotatable bonds is 7. The number of phenolic OH excluding ortho intramolecular Hbond substituents is 1. The smallest absolute Gasteiger partial charge is 0.249 e. The van der Waals surface area contributed by atoms with Crippen LogP contribution in [0.2, 0.25) is 0 Å². The molecule has 0 bridgehead atoms. The summed E-state index contributed by atoms with van der Waals surface area (Å²) in [7, 11) is 0. The van der Waals surface area contributed by atoms with E-state index in [2.05, 4.69) is 15.6 Å². The average Bonchev–Trinajstić information content (AvgIpc) is 3.39. The van der Waals surface area contributed by atoms with E-state index in [1.165, 1.54) is 21.7 Å². The number of amides is 2. The zero-order valence-corrected chi connectivity index (χ0v) is 22.0. The molecule has 3 aromatic carbocycles. The molecule has 1 saturated carbocycles. The van der Waals surface area contributed by atoms with E-state index >= 15 is 0 Å². The lowest BCUT2D eigenvalue weighted by molar-refractivity contribution is -0.127. The maximum atomic E-state index is 14.2. The van der Waals surface area contributed by atoms with Crippen LogP contribution in [-0.4, -0.2) is 51.2 Å². The predicted octanol–water partition coefficient (Wildman–Crippen LogP) is 4.13. The highest BCUT2D eigenvalue weighted by Crippen LogP contribution is 2.37. The second kappa shape index (κ2) is 11.3. The van der Waals surface area contributed by atoms with Crippen LogP contribution in [-0.2, 0) is 16.1 Å². The topological polar surface area (TPSA) is 119 Å². The van der Waals surface area contributed by atoms with E-state index in [4.69, 9.17) is 9.47 Å². The molecule has 1 aromatic heterocycles. The number of nitrogens with one attached hydrogen (secondary N) is 1. The number of nitrogens with zero attached hydrogens (tertiary/aromatic N) is 4. The Balaban J connectivity index is 1.42. The Morgan fingerprint density at radius 1 is 0.975 bits per heavy atom. The number of anilines is 1. The number of aromatic nitrogens is 3. The maximum Gasteiger partial charge on any atom is 0.249 e. The van der Waals surface area contributed by atoms with E-state index in [0.717, 1.165) is 32.1 Å². The minimum absolute atomic E-state index is 0.0392. The first kappa shape index (κ1) is 25.7. The van der Waals surface area contributed by atoms with E-state index < -0.39 is 6.04 Å². The van der Waals surface area contributed by atoms with Crippen molar-refractivity contribution in [3.05, 3.63) is 72.3 Å². The number of aromatic hydroxyl groups is 1. The summed E-state index contributed by atoms with van der Waals surface area (Å²) >= 11 is 0. The zero-order chi connectivity index (χ0) is 27.5. The summed E-state index contributed by atoms with van der Waals surface area (Å²) in [5, 5.41) is 21.6. The van der Waals surface area contributed by atoms with Crippen LogP contribution in [0.5, 0.6) is 17.2 Å². The molecule has 0 spiro atoms. The molecule has 2 amide bonds. The predicted molar refractivity (Wildman–Crippen MR) is 148 cm³/mol. The van der Waals surface area contributed by atoms with Gasteiger partial charge >= 0.3 is 0 Å². The molecule has 1 unspecified atom stereocenters. The minimum atomic E-state index is -1.01. The summed E-state index contributed by atoms with van der Waals surface area (Å²) < 4.78 is 13.1. The number of fused-ring (bicyclic) bond motifs is 2. The van der Waals surface area contributed by atoms with Gasteiger partial charge in [-0.15, -0.1) is 5.10 Å². The summed E-state index contributed by atoms with van der Waals surface area (Å²) in [5.41, 5.74) is 2.44. The molecule has 1 aliphatic heterocycles. The normalized spacial score (nSPS) is 15.9. The number of ether oxygens (including phenoxy) is 2. The summed E-state index contributed by atoms with van der Waals surface area (Å²) in [6.07, 6.45) is 5.06. The number of benzene rings is 3. The lowest BCUT2D eigenvalue weighted by atomic mass is 9.94. The van der Waals surface area contributed by atoms with E-state index in [1.807, 2.05) is 24.3 Å². The molecule has 10 heteroatoms. The molecule has 0 saturated heterocycles. The summed E-state index contributed by atoms with van der Waals surface area (Å²) in [5.74, 6) is 0.511. The molecule has 1 aliphatic carbocycles. The Bertz CT molecular complexity index is 1510. The molecule has 206 valence electrons. The van der Waals surface area contributed by atoms with E-state index in [1.54, 1.807) is 30.3 Å². The number of phenols is 1. The molecule has 6 rings (SSSR count). The van der Waals surface area contributed by atoms with Crippen molar-refractivity contribution < 1.29 is 24.2 Å². The van der Waals surface area contributed by atoms with Crippen molar-refractivity contribution in [3.63, 3.8) is 0 Å². The van der Waals surface area contributed by atoms with Gasteiger partial charge in [0, 0.05) is 17.8 Å². The average molecular weight is 542 g/mol. The van der Waals surface area contributed by atoms with Gasteiger partial charge in [0.25, 0.3) is 0 Å². The van der Waals surface area contributed by atoms with Crippen LogP contribution in [0.1, 0.15) is 43.7 Å². The van der Waals surface area contributed by atoms with Crippen molar-refractivity contribution in [2.24, 2.45) is 0 Å². The van der Waals surface area contributed by atoms with Gasteiger partial charge in [0.15, 0.2) is 11.5 Å². The van der Waals surface area contributed by atoms with Gasteiger partial charge in [-0.25, -0.2) is 4.68 Å². The van der Waals surface area contributed by atoms with Crippen LogP contribution in [0, 0.1) is 0 Å². The Morgan fingerprint density at radius 2 is 1.73 bits per heavy atom. The quantitative estimate of drug-likeness (QED) is 0.361. The number of hydrogen-bond donors (Lipinski definition) is 2. The van der Waals surface area contributed by atoms with E-state index in [9.17, 15) is 14.7 Å². The van der Waals surface area contributed by atoms with Gasteiger partial charge < -0.3 is 19.9 Å². The van der Waals surface area contributed by atoms with Crippen LogP contribution < -0.4 is 19.7 Å². The highest BCUT2D eigenvalue weighted by Gasteiger charge is 2.35. The third-order valence-electron chi connectivity index (χ3n) is 7.44. The lowest BCUT2D eigenvalue weighted by Crippen LogP contribution is -2.48. The van der Waals surface area contributed by atoms with Gasteiger partial charge in [-0.05, 0) is 54.8 Å². The Labute approximate surface area is 231 Å². The maximum absolute atomic E-state index is 14.2. The van der Waals surface area contributed by atoms with Crippen molar-refractivity contribution in [2.45, 2.75) is 50.7 Å². The minimum Gasteiger partial charge on any atom is -0.508 e. The molecule has 2 N–H and O–H groups in total.